The summed E-state index contributed by atoms with van der Waals surface area (Å²) in [4.78, 5) is 10.6. The van der Waals surface area contributed by atoms with Gasteiger partial charge in [-0.25, -0.2) is 19.4 Å². The lowest BCUT2D eigenvalue weighted by Gasteiger charge is -2.17. The van der Waals surface area contributed by atoms with E-state index in [0.717, 1.165) is 25.7 Å². The maximum Gasteiger partial charge on any atom is 0.459 e. The summed E-state index contributed by atoms with van der Waals surface area (Å²) in [6.45, 7) is 7.55. The fourth-order valence-corrected chi connectivity index (χ4v) is 6.44. The van der Waals surface area contributed by atoms with Crippen molar-refractivity contribution < 1.29 is 23.7 Å². The van der Waals surface area contributed by atoms with Gasteiger partial charge >= 0.3 is 7.75 Å². The summed E-state index contributed by atoms with van der Waals surface area (Å²) in [6, 6.07) is 0. The van der Waals surface area contributed by atoms with Crippen LogP contribution in [-0.4, -0.2) is 39.4 Å². The largest absolute Gasteiger partial charge is 0.459 e. The minimum atomic E-state index is -3.71. The van der Waals surface area contributed by atoms with Crippen LogP contribution in [0, 0.1) is 0 Å². The second kappa shape index (κ2) is 38.4. The van der Waals surface area contributed by atoms with Crippen molar-refractivity contribution >= 4 is 7.75 Å². The molecule has 0 aliphatic carbocycles. The molecule has 0 amide bonds. The molecule has 9 heteroatoms. The molecule has 0 bridgehead atoms. The van der Waals surface area contributed by atoms with Crippen LogP contribution in [0.4, 0.5) is 0 Å². The lowest BCUT2D eigenvalue weighted by atomic mass is 10.0. The molecule has 0 aromatic rings. The minimum Gasteiger partial charge on any atom is -0.329 e. The van der Waals surface area contributed by atoms with Crippen molar-refractivity contribution in [3.63, 3.8) is 0 Å². The summed E-state index contributed by atoms with van der Waals surface area (Å²) in [7, 11) is -3.71. The van der Waals surface area contributed by atoms with Gasteiger partial charge in [0.1, 0.15) is 0 Å². The van der Waals surface area contributed by atoms with Crippen LogP contribution in [0.15, 0.2) is 0 Å². The Hall–Kier alpha value is -0.0500. The topological polar surface area (TPSA) is 104 Å². The lowest BCUT2D eigenvalue weighted by molar-refractivity contribution is -0.269. The average molecular weight is 664 g/mol. The third-order valence-electron chi connectivity index (χ3n) is 8.39. The zero-order valence-corrected chi connectivity index (χ0v) is 31.0. The summed E-state index contributed by atoms with van der Waals surface area (Å²) < 4.78 is 23.5. The van der Waals surface area contributed by atoms with E-state index in [1.165, 1.54) is 154 Å². The molecule has 0 radical (unpaired) electrons. The van der Waals surface area contributed by atoms with Crippen LogP contribution in [0.5, 0.6) is 0 Å². The summed E-state index contributed by atoms with van der Waals surface area (Å²) >= 11 is 0. The Morgan fingerprint density at radius 2 is 0.756 bits per heavy atom. The van der Waals surface area contributed by atoms with Crippen molar-refractivity contribution in [2.45, 2.75) is 194 Å². The summed E-state index contributed by atoms with van der Waals surface area (Å²) in [5.41, 5.74) is 5.52. The molecule has 0 fully saturated rings. The molecule has 4 N–H and O–H groups in total. The van der Waals surface area contributed by atoms with Gasteiger partial charge in [0.05, 0.1) is 13.2 Å². The highest BCUT2D eigenvalue weighted by molar-refractivity contribution is 7.51. The zero-order chi connectivity index (χ0) is 32.8. The highest BCUT2D eigenvalue weighted by Gasteiger charge is 2.27. The van der Waals surface area contributed by atoms with E-state index in [0.29, 0.717) is 39.4 Å². The molecule has 0 unspecified atom stereocenters. The van der Waals surface area contributed by atoms with Crippen molar-refractivity contribution in [1.29, 1.82) is 0 Å². The fraction of sp³-hybridized carbons (Fsp3) is 1.00. The maximum absolute atomic E-state index is 13.1. The molecular formula is C36H78N3O5P. The van der Waals surface area contributed by atoms with Crippen LogP contribution >= 0.6 is 7.75 Å². The van der Waals surface area contributed by atoms with Gasteiger partial charge < -0.3 is 11.1 Å². The van der Waals surface area contributed by atoms with Crippen molar-refractivity contribution in [3.05, 3.63) is 0 Å². The summed E-state index contributed by atoms with van der Waals surface area (Å²) in [5.74, 6) is 0. The maximum atomic E-state index is 13.1. The van der Waals surface area contributed by atoms with Crippen molar-refractivity contribution in [2.75, 3.05) is 39.4 Å². The average Bonchev–Trinajstić information content (AvgIpc) is 3.04. The molecule has 0 aromatic heterocycles. The van der Waals surface area contributed by atoms with Crippen molar-refractivity contribution in [1.82, 2.24) is 10.4 Å². The second-order valence-electron chi connectivity index (χ2n) is 12.9. The van der Waals surface area contributed by atoms with Gasteiger partial charge in [-0.3, -0.25) is 0 Å². The normalized spacial score (nSPS) is 12.0. The van der Waals surface area contributed by atoms with E-state index in [1.807, 2.05) is 0 Å². The van der Waals surface area contributed by atoms with E-state index in [1.54, 1.807) is 0 Å². The number of nitrogens with one attached hydrogen (secondary N) is 2. The van der Waals surface area contributed by atoms with E-state index in [9.17, 15) is 4.57 Å². The number of nitrogens with two attached hydrogens (primary N) is 1. The van der Waals surface area contributed by atoms with Crippen LogP contribution in [0.1, 0.15) is 194 Å². The molecule has 45 heavy (non-hydrogen) atoms. The Labute approximate surface area is 280 Å². The van der Waals surface area contributed by atoms with Crippen LogP contribution in [0.3, 0.4) is 0 Å². The van der Waals surface area contributed by atoms with E-state index in [2.05, 4.69) is 24.3 Å². The number of hydrogen-bond acceptors (Lipinski definition) is 7. The van der Waals surface area contributed by atoms with Gasteiger partial charge in [-0.15, -0.1) is 9.35 Å². The van der Waals surface area contributed by atoms with E-state index in [4.69, 9.17) is 24.9 Å². The Kier molecular flexibility index (Phi) is 38.4. The third-order valence-corrected chi connectivity index (χ3v) is 9.61. The Morgan fingerprint density at radius 1 is 0.444 bits per heavy atom. The van der Waals surface area contributed by atoms with Crippen LogP contribution in [0.2, 0.25) is 0 Å². The van der Waals surface area contributed by atoms with Gasteiger partial charge in [0.25, 0.3) is 0 Å². The first-order valence-electron chi connectivity index (χ1n) is 19.6. The Balaban J connectivity index is 3.81. The zero-order valence-electron chi connectivity index (χ0n) is 30.1. The molecule has 0 heterocycles. The van der Waals surface area contributed by atoms with Gasteiger partial charge in [-0.05, 0) is 12.8 Å². The summed E-state index contributed by atoms with van der Waals surface area (Å²) in [5, 5.41) is 5.97. The number of unbranched alkanes of at least 4 members (excludes halogenated alkanes) is 26. The number of hydrogen-bond donors (Lipinski definition) is 3. The molecule has 0 spiro atoms. The molecule has 0 aliphatic heterocycles. The molecule has 272 valence electrons. The molecule has 0 saturated carbocycles. The smallest absolute Gasteiger partial charge is 0.329 e. The van der Waals surface area contributed by atoms with E-state index in [-0.39, 0.29) is 0 Å². The second-order valence-corrected chi connectivity index (χ2v) is 14.5. The minimum absolute atomic E-state index is 0.386. The molecule has 0 aliphatic rings. The molecule has 8 nitrogen and oxygen atoms in total. The van der Waals surface area contributed by atoms with Gasteiger partial charge in [-0.2, -0.15) is 0 Å². The van der Waals surface area contributed by atoms with Gasteiger partial charge in [0.15, 0.2) is 0 Å². The van der Waals surface area contributed by atoms with Crippen LogP contribution < -0.4 is 16.1 Å². The number of rotatable bonds is 40. The lowest BCUT2D eigenvalue weighted by Crippen LogP contribution is -2.30. The first kappa shape index (κ1) is 45.0. The fourth-order valence-electron chi connectivity index (χ4n) is 5.50. The first-order chi connectivity index (χ1) is 22.2. The standard InChI is InChI=1S/C36H78N3O5P/c1-3-5-7-9-11-13-15-17-19-21-23-25-27-29-35-41-43-45(40,39-34-33-38-32-31-37)44-42-36-30-28-26-24-22-20-18-16-14-12-10-8-6-4-2/h38H,3-37H2,1-2H3,(H,39,40). The molecule has 0 saturated heterocycles. The monoisotopic (exact) mass is 664 g/mol. The molecule has 0 aromatic carbocycles. The third kappa shape index (κ3) is 36.6. The highest BCUT2D eigenvalue weighted by atomic mass is 31.2. The predicted molar refractivity (Wildman–Crippen MR) is 192 cm³/mol. The van der Waals surface area contributed by atoms with Gasteiger partial charge in [0, 0.05) is 26.2 Å². The van der Waals surface area contributed by atoms with E-state index >= 15 is 0 Å². The van der Waals surface area contributed by atoms with Crippen LogP contribution in [-0.2, 0) is 23.7 Å². The first-order valence-corrected chi connectivity index (χ1v) is 21.1. The van der Waals surface area contributed by atoms with Crippen molar-refractivity contribution in [3.8, 4) is 0 Å². The van der Waals surface area contributed by atoms with Crippen LogP contribution in [0.25, 0.3) is 0 Å². The quantitative estimate of drug-likeness (QED) is 0.0257. The summed E-state index contributed by atoms with van der Waals surface area (Å²) in [6.07, 6.45) is 36.4. The van der Waals surface area contributed by atoms with E-state index < -0.39 is 7.75 Å². The van der Waals surface area contributed by atoms with Gasteiger partial charge in [-0.1, -0.05) is 181 Å². The predicted octanol–water partition coefficient (Wildman–Crippen LogP) is 11.1. The Morgan fingerprint density at radius 3 is 1.07 bits per heavy atom. The molecule has 0 rings (SSSR count). The molecule has 0 atom stereocenters. The highest BCUT2D eigenvalue weighted by Crippen LogP contribution is 2.44. The van der Waals surface area contributed by atoms with Gasteiger partial charge in [0.2, 0.25) is 0 Å². The molecular weight excluding hydrogens is 585 g/mol. The SMILES string of the molecule is CCCCCCCCCCCCCCCCOOP(=O)(NCCNCCN)OOCCCCCCCCCCCCCCCC. The Bertz CT molecular complexity index is 563. The van der Waals surface area contributed by atoms with Crippen molar-refractivity contribution in [2.24, 2.45) is 5.73 Å².